The van der Waals surface area contributed by atoms with Gasteiger partial charge in [0.1, 0.15) is 6.07 Å². The second kappa shape index (κ2) is 10.1. The van der Waals surface area contributed by atoms with Gasteiger partial charge in [-0.3, -0.25) is 4.79 Å². The Labute approximate surface area is 241 Å². The summed E-state index contributed by atoms with van der Waals surface area (Å²) in [5, 5.41) is 11.7. The van der Waals surface area contributed by atoms with Crippen LogP contribution in [0.25, 0.3) is 22.3 Å². The molecule has 2 aromatic heterocycles. The summed E-state index contributed by atoms with van der Waals surface area (Å²) in [4.78, 5) is 19.3. The molecule has 0 saturated heterocycles. The first-order chi connectivity index (χ1) is 18.4. The Morgan fingerprint density at radius 3 is 2.20 bits per heavy atom. The second-order valence-electron chi connectivity index (χ2n) is 14.2. The van der Waals surface area contributed by atoms with E-state index in [-0.39, 0.29) is 22.2 Å². The van der Waals surface area contributed by atoms with E-state index in [2.05, 4.69) is 79.9 Å². The van der Waals surface area contributed by atoms with Gasteiger partial charge >= 0.3 is 0 Å². The van der Waals surface area contributed by atoms with Crippen LogP contribution in [-0.2, 0) is 27.6 Å². The van der Waals surface area contributed by atoms with Gasteiger partial charge in [-0.2, -0.15) is 5.26 Å². The maximum absolute atomic E-state index is 14.4. The first-order valence-electron chi connectivity index (χ1n) is 14.3. The highest BCUT2D eigenvalue weighted by Gasteiger charge is 2.47. The van der Waals surface area contributed by atoms with E-state index >= 15 is 0 Å². The van der Waals surface area contributed by atoms with Crippen molar-refractivity contribution in [3.05, 3.63) is 63.4 Å². The van der Waals surface area contributed by atoms with Crippen molar-refractivity contribution in [2.45, 2.75) is 110 Å². The number of aromatic nitrogens is 2. The van der Waals surface area contributed by atoms with Crippen LogP contribution in [0.5, 0.6) is 0 Å². The van der Waals surface area contributed by atoms with Crippen molar-refractivity contribution in [3.63, 3.8) is 0 Å². The van der Waals surface area contributed by atoms with Gasteiger partial charge < -0.3 is 13.4 Å². The van der Waals surface area contributed by atoms with E-state index in [1.54, 1.807) is 4.57 Å². The number of pyridine rings is 2. The summed E-state index contributed by atoms with van der Waals surface area (Å²) in [5.74, 6) is 0. The highest BCUT2D eigenvalue weighted by Crippen LogP contribution is 2.45. The predicted molar refractivity (Wildman–Crippen MR) is 168 cm³/mol. The molecule has 3 aromatic rings. The van der Waals surface area contributed by atoms with Gasteiger partial charge in [-0.1, -0.05) is 66.7 Å². The molecule has 1 atom stereocenters. The van der Waals surface area contributed by atoms with Crippen LogP contribution in [0.3, 0.4) is 0 Å². The number of nitrogens with zero attached hydrogens (tertiary/aromatic N) is 3. The van der Waals surface area contributed by atoms with E-state index in [9.17, 15) is 10.1 Å². The second-order valence-corrected chi connectivity index (χ2v) is 23.7. The quantitative estimate of drug-likeness (QED) is 0.208. The van der Waals surface area contributed by atoms with E-state index in [1.807, 2.05) is 37.3 Å². The molecule has 0 fully saturated rings. The molecule has 0 aliphatic carbocycles. The average Bonchev–Trinajstić information content (AvgIpc) is 3.21. The van der Waals surface area contributed by atoms with Gasteiger partial charge in [-0.05, 0) is 60.9 Å². The summed E-state index contributed by atoms with van der Waals surface area (Å²) in [6, 6.07) is 14.7. The number of benzene rings is 1. The average molecular weight is 576 g/mol. The smallest absolute Gasteiger partial charge is 0.257 e. The van der Waals surface area contributed by atoms with E-state index in [4.69, 9.17) is 13.8 Å². The summed E-state index contributed by atoms with van der Waals surface area (Å²) in [7, 11) is -4.59. The van der Waals surface area contributed by atoms with Crippen LogP contribution in [0.15, 0.2) is 41.2 Å². The molecule has 0 unspecified atom stereocenters. The number of nitriles is 1. The lowest BCUT2D eigenvalue weighted by atomic mass is 9.89. The van der Waals surface area contributed by atoms with Gasteiger partial charge in [0.2, 0.25) is 0 Å². The number of rotatable bonds is 7. The van der Waals surface area contributed by atoms with E-state index < -0.39 is 22.2 Å². The third-order valence-electron chi connectivity index (χ3n) is 9.51. The SMILES string of the molecule is CC[C@](C#N)(O[Si](C)(C)C(C)(C)C)c1cc2n(c(=O)c1CO[Si](C)(C)C(C)(C)C)Cc1cc3ccccc3nc1-2. The fourth-order valence-corrected chi connectivity index (χ4v) is 7.17. The standard InChI is InChI=1S/C32H45N3O3Si2/c1-12-32(21-33,38-40(10,11)31(5,6)7)25-18-27-28-23(17-22-15-13-14-16-26(22)34-28)19-35(27)29(36)24(25)20-37-39(8,9)30(2,3)4/h13-18H,12,19-20H2,1-11H3/t32-/m1/s1. The molecule has 214 valence electrons. The van der Waals surface area contributed by atoms with E-state index in [0.717, 1.165) is 27.9 Å². The van der Waals surface area contributed by atoms with Gasteiger partial charge in [0.25, 0.3) is 5.56 Å². The summed E-state index contributed by atoms with van der Waals surface area (Å²) in [5.41, 5.74) is 3.17. The molecule has 4 rings (SSSR count). The minimum absolute atomic E-state index is 0.0188. The van der Waals surface area contributed by atoms with Crippen LogP contribution >= 0.6 is 0 Å². The van der Waals surface area contributed by atoms with Crippen LogP contribution in [0, 0.1) is 11.3 Å². The molecular formula is C32H45N3O3Si2. The molecule has 1 aliphatic heterocycles. The minimum atomic E-state index is -2.41. The lowest BCUT2D eigenvalue weighted by molar-refractivity contribution is 0.101. The molecule has 1 aliphatic rings. The maximum atomic E-state index is 14.4. The molecule has 40 heavy (non-hydrogen) atoms. The van der Waals surface area contributed by atoms with Crippen LogP contribution < -0.4 is 5.56 Å². The topological polar surface area (TPSA) is 77.1 Å². The lowest BCUT2D eigenvalue weighted by Gasteiger charge is -2.43. The van der Waals surface area contributed by atoms with Crippen molar-refractivity contribution in [2.75, 3.05) is 0 Å². The van der Waals surface area contributed by atoms with Crippen LogP contribution in [-0.4, -0.2) is 26.2 Å². The minimum Gasteiger partial charge on any atom is -0.412 e. The van der Waals surface area contributed by atoms with Crippen molar-refractivity contribution >= 4 is 27.5 Å². The Morgan fingerprint density at radius 2 is 1.62 bits per heavy atom. The maximum Gasteiger partial charge on any atom is 0.257 e. The third-order valence-corrected chi connectivity index (χ3v) is 18.5. The molecule has 3 heterocycles. The first-order valence-corrected chi connectivity index (χ1v) is 20.1. The van der Waals surface area contributed by atoms with Crippen molar-refractivity contribution in [2.24, 2.45) is 0 Å². The Balaban J connectivity index is 1.98. The van der Waals surface area contributed by atoms with Crippen LogP contribution in [0.4, 0.5) is 0 Å². The summed E-state index contributed by atoms with van der Waals surface area (Å²) < 4.78 is 15.4. The van der Waals surface area contributed by atoms with Gasteiger partial charge in [0.15, 0.2) is 22.2 Å². The number of hydrogen-bond donors (Lipinski definition) is 0. The number of fused-ring (bicyclic) bond motifs is 4. The number of hydrogen-bond acceptors (Lipinski definition) is 5. The predicted octanol–water partition coefficient (Wildman–Crippen LogP) is 8.10. The van der Waals surface area contributed by atoms with Gasteiger partial charge in [0, 0.05) is 22.1 Å². The van der Waals surface area contributed by atoms with Crippen molar-refractivity contribution in [3.8, 4) is 17.5 Å². The zero-order chi connectivity index (χ0) is 29.9. The van der Waals surface area contributed by atoms with Crippen molar-refractivity contribution < 1.29 is 8.85 Å². The Hall–Kier alpha value is -2.58. The molecule has 0 radical (unpaired) electrons. The van der Waals surface area contributed by atoms with Crippen LogP contribution in [0.2, 0.25) is 36.3 Å². The van der Waals surface area contributed by atoms with E-state index in [0.29, 0.717) is 24.1 Å². The van der Waals surface area contributed by atoms with Crippen molar-refractivity contribution in [1.82, 2.24) is 9.55 Å². The first kappa shape index (κ1) is 30.4. The zero-order valence-corrected chi connectivity index (χ0v) is 28.2. The van der Waals surface area contributed by atoms with Gasteiger partial charge in [-0.15, -0.1) is 0 Å². The number of para-hydroxylation sites is 1. The monoisotopic (exact) mass is 575 g/mol. The van der Waals surface area contributed by atoms with Gasteiger partial charge in [-0.25, -0.2) is 4.98 Å². The highest BCUT2D eigenvalue weighted by atomic mass is 28.4. The molecular weight excluding hydrogens is 531 g/mol. The molecule has 8 heteroatoms. The molecule has 0 amide bonds. The molecule has 0 spiro atoms. The van der Waals surface area contributed by atoms with Crippen LogP contribution in [0.1, 0.15) is 71.6 Å². The zero-order valence-electron chi connectivity index (χ0n) is 26.2. The fourth-order valence-electron chi connectivity index (χ4n) is 4.75. The third kappa shape index (κ3) is 5.13. The molecule has 0 bridgehead atoms. The Morgan fingerprint density at radius 1 is 1.00 bits per heavy atom. The summed E-state index contributed by atoms with van der Waals surface area (Å²) in [6.07, 6.45) is 0.421. The van der Waals surface area contributed by atoms with Gasteiger partial charge in [0.05, 0.1) is 30.1 Å². The normalized spacial score (nSPS) is 15.4. The van der Waals surface area contributed by atoms with E-state index in [1.165, 1.54) is 0 Å². The Kier molecular flexibility index (Phi) is 7.64. The summed E-state index contributed by atoms with van der Waals surface area (Å²) in [6.45, 7) is 24.3. The molecule has 0 N–H and O–H groups in total. The highest BCUT2D eigenvalue weighted by molar-refractivity contribution is 6.74. The van der Waals surface area contributed by atoms with Crippen molar-refractivity contribution in [1.29, 1.82) is 5.26 Å². The molecule has 1 aromatic carbocycles. The largest absolute Gasteiger partial charge is 0.412 e. The summed E-state index contributed by atoms with van der Waals surface area (Å²) >= 11 is 0. The molecule has 6 nitrogen and oxygen atoms in total. The Bertz CT molecular complexity index is 1560. The molecule has 0 saturated carbocycles. The fraction of sp³-hybridized carbons (Fsp3) is 0.531. The lowest BCUT2D eigenvalue weighted by Crippen LogP contribution is -2.49.